The van der Waals surface area contributed by atoms with Gasteiger partial charge in [-0.3, -0.25) is 0 Å². The van der Waals surface area contributed by atoms with Crippen LogP contribution >= 0.6 is 0 Å². The molecule has 1 N–H and O–H groups in total. The average molecular weight is 354 g/mol. The molecule has 26 heavy (non-hydrogen) atoms. The van der Waals surface area contributed by atoms with Crippen LogP contribution in [-0.4, -0.2) is 28.2 Å². The number of aromatic nitrogens is 3. The first kappa shape index (κ1) is 16.7. The maximum Gasteiger partial charge on any atom is 0.226 e. The summed E-state index contributed by atoms with van der Waals surface area (Å²) in [6.07, 6.45) is 4.69. The lowest BCUT2D eigenvalue weighted by atomic mass is 10.0. The van der Waals surface area contributed by atoms with E-state index in [2.05, 4.69) is 20.4 Å². The predicted molar refractivity (Wildman–Crippen MR) is 93.3 cm³/mol. The molecule has 134 valence electrons. The van der Waals surface area contributed by atoms with Crippen molar-refractivity contribution in [2.45, 2.75) is 19.3 Å². The molecular weight excluding hydrogens is 335 g/mol. The first-order valence-corrected chi connectivity index (χ1v) is 8.69. The molecule has 3 aromatic rings. The van der Waals surface area contributed by atoms with Gasteiger partial charge in [0.2, 0.25) is 17.6 Å². The van der Waals surface area contributed by atoms with Gasteiger partial charge in [0, 0.05) is 24.2 Å². The summed E-state index contributed by atoms with van der Waals surface area (Å²) in [5, 5.41) is 7.39. The van der Waals surface area contributed by atoms with E-state index in [0.29, 0.717) is 29.3 Å². The lowest BCUT2D eigenvalue weighted by Crippen LogP contribution is -2.09. The molecule has 0 radical (unpaired) electrons. The van der Waals surface area contributed by atoms with Gasteiger partial charge >= 0.3 is 0 Å². The lowest BCUT2D eigenvalue weighted by molar-refractivity contribution is 0.365. The Morgan fingerprint density at radius 3 is 2.81 bits per heavy atom. The zero-order chi connectivity index (χ0) is 17.8. The van der Waals surface area contributed by atoms with Gasteiger partial charge < -0.3 is 14.6 Å². The molecule has 1 fully saturated rings. The summed E-state index contributed by atoms with van der Waals surface area (Å²) in [5.74, 6) is 2.49. The Kier molecular flexibility index (Phi) is 4.88. The Morgan fingerprint density at radius 2 is 2.08 bits per heavy atom. The molecule has 6 nitrogen and oxygen atoms in total. The molecule has 3 heterocycles. The number of benzene rings is 1. The lowest BCUT2D eigenvalue weighted by Gasteiger charge is -2.04. The van der Waals surface area contributed by atoms with E-state index in [1.54, 1.807) is 24.4 Å². The van der Waals surface area contributed by atoms with Crippen LogP contribution in [0.15, 0.2) is 47.1 Å². The van der Waals surface area contributed by atoms with Crippen LogP contribution in [0.5, 0.6) is 11.6 Å². The Bertz CT molecular complexity index is 843. The van der Waals surface area contributed by atoms with E-state index in [0.717, 1.165) is 31.5 Å². The fourth-order valence-electron chi connectivity index (χ4n) is 2.96. The standard InChI is InChI=1S/C19H19FN4O2/c20-15-3-5-16(6-4-15)25-17-8-2-14(12-22-17)19-23-18(26-24-19)7-1-13-9-10-21-11-13/h2-6,8,12-13,21H,1,7,9-11H2. The van der Waals surface area contributed by atoms with Crippen molar-refractivity contribution in [2.75, 3.05) is 13.1 Å². The van der Waals surface area contributed by atoms with Crippen molar-refractivity contribution in [3.05, 3.63) is 54.3 Å². The average Bonchev–Trinajstić information content (AvgIpc) is 3.34. The normalized spacial score (nSPS) is 16.7. The van der Waals surface area contributed by atoms with Crippen LogP contribution in [-0.2, 0) is 6.42 Å². The van der Waals surface area contributed by atoms with Crippen molar-refractivity contribution in [2.24, 2.45) is 5.92 Å². The second-order valence-corrected chi connectivity index (χ2v) is 6.35. The molecule has 4 rings (SSSR count). The van der Waals surface area contributed by atoms with Crippen molar-refractivity contribution in [3.8, 4) is 23.0 Å². The minimum Gasteiger partial charge on any atom is -0.439 e. The van der Waals surface area contributed by atoms with Gasteiger partial charge in [-0.25, -0.2) is 9.37 Å². The van der Waals surface area contributed by atoms with Gasteiger partial charge in [0.25, 0.3) is 0 Å². The van der Waals surface area contributed by atoms with E-state index in [1.807, 2.05) is 6.07 Å². The minimum atomic E-state index is -0.308. The van der Waals surface area contributed by atoms with Gasteiger partial charge in [0.1, 0.15) is 11.6 Å². The largest absolute Gasteiger partial charge is 0.439 e. The topological polar surface area (TPSA) is 73.1 Å². The monoisotopic (exact) mass is 354 g/mol. The van der Waals surface area contributed by atoms with Crippen molar-refractivity contribution < 1.29 is 13.7 Å². The molecule has 7 heteroatoms. The second kappa shape index (κ2) is 7.61. The Hall–Kier alpha value is -2.80. The van der Waals surface area contributed by atoms with Gasteiger partial charge in [-0.05, 0) is 62.2 Å². The fraction of sp³-hybridized carbons (Fsp3) is 0.316. The maximum atomic E-state index is 12.9. The van der Waals surface area contributed by atoms with Gasteiger partial charge in [-0.1, -0.05) is 5.16 Å². The SMILES string of the molecule is Fc1ccc(Oc2ccc(-c3noc(CCC4CCNC4)n3)cn2)cc1. The highest BCUT2D eigenvalue weighted by molar-refractivity contribution is 5.53. The zero-order valence-electron chi connectivity index (χ0n) is 14.2. The molecule has 1 atom stereocenters. The molecule has 1 unspecified atom stereocenters. The van der Waals surface area contributed by atoms with E-state index in [1.165, 1.54) is 18.6 Å². The number of pyridine rings is 1. The smallest absolute Gasteiger partial charge is 0.226 e. The highest BCUT2D eigenvalue weighted by atomic mass is 19.1. The summed E-state index contributed by atoms with van der Waals surface area (Å²) in [4.78, 5) is 8.69. The summed E-state index contributed by atoms with van der Waals surface area (Å²) in [5.41, 5.74) is 0.758. The Labute approximate surface area is 150 Å². The Balaban J connectivity index is 1.37. The minimum absolute atomic E-state index is 0.308. The zero-order valence-corrected chi connectivity index (χ0v) is 14.2. The summed E-state index contributed by atoms with van der Waals surface area (Å²) < 4.78 is 23.8. The summed E-state index contributed by atoms with van der Waals surface area (Å²) in [6.45, 7) is 2.16. The van der Waals surface area contributed by atoms with Crippen molar-refractivity contribution in [3.63, 3.8) is 0 Å². The van der Waals surface area contributed by atoms with E-state index in [4.69, 9.17) is 9.26 Å². The van der Waals surface area contributed by atoms with Crippen LogP contribution in [0.4, 0.5) is 4.39 Å². The summed E-state index contributed by atoms with van der Waals surface area (Å²) in [6, 6.07) is 9.32. The van der Waals surface area contributed by atoms with Crippen LogP contribution in [0, 0.1) is 11.7 Å². The van der Waals surface area contributed by atoms with Crippen molar-refractivity contribution >= 4 is 0 Å². The summed E-state index contributed by atoms with van der Waals surface area (Å²) >= 11 is 0. The molecule has 2 aromatic heterocycles. The molecule has 0 amide bonds. The number of hydrogen-bond acceptors (Lipinski definition) is 6. The number of ether oxygens (including phenoxy) is 1. The number of hydrogen-bond donors (Lipinski definition) is 1. The van der Waals surface area contributed by atoms with Crippen molar-refractivity contribution in [1.82, 2.24) is 20.4 Å². The van der Waals surface area contributed by atoms with E-state index < -0.39 is 0 Å². The number of nitrogens with one attached hydrogen (secondary N) is 1. The molecular formula is C19H19FN4O2. The van der Waals surface area contributed by atoms with Crippen LogP contribution in [0.25, 0.3) is 11.4 Å². The van der Waals surface area contributed by atoms with Crippen molar-refractivity contribution in [1.29, 1.82) is 0 Å². The maximum absolute atomic E-state index is 12.9. The summed E-state index contributed by atoms with van der Waals surface area (Å²) in [7, 11) is 0. The second-order valence-electron chi connectivity index (χ2n) is 6.35. The molecule has 0 saturated carbocycles. The van der Waals surface area contributed by atoms with E-state index in [-0.39, 0.29) is 5.82 Å². The molecule has 1 saturated heterocycles. The third-order valence-electron chi connectivity index (χ3n) is 4.43. The van der Waals surface area contributed by atoms with Gasteiger partial charge in [-0.15, -0.1) is 0 Å². The molecule has 1 aromatic carbocycles. The highest BCUT2D eigenvalue weighted by Crippen LogP contribution is 2.23. The van der Waals surface area contributed by atoms with Crippen LogP contribution in [0.2, 0.25) is 0 Å². The van der Waals surface area contributed by atoms with Crippen LogP contribution < -0.4 is 10.1 Å². The van der Waals surface area contributed by atoms with E-state index in [9.17, 15) is 4.39 Å². The molecule has 1 aliphatic heterocycles. The van der Waals surface area contributed by atoms with E-state index >= 15 is 0 Å². The number of rotatable bonds is 6. The highest BCUT2D eigenvalue weighted by Gasteiger charge is 2.16. The van der Waals surface area contributed by atoms with Crippen LogP contribution in [0.1, 0.15) is 18.7 Å². The third kappa shape index (κ3) is 4.05. The number of aryl methyl sites for hydroxylation is 1. The Morgan fingerprint density at radius 1 is 1.19 bits per heavy atom. The molecule has 0 aliphatic carbocycles. The number of nitrogens with zero attached hydrogens (tertiary/aromatic N) is 3. The molecule has 1 aliphatic rings. The van der Waals surface area contributed by atoms with Crippen LogP contribution in [0.3, 0.4) is 0 Å². The first-order chi connectivity index (χ1) is 12.8. The molecule has 0 bridgehead atoms. The first-order valence-electron chi connectivity index (χ1n) is 8.69. The quantitative estimate of drug-likeness (QED) is 0.729. The van der Waals surface area contributed by atoms with Gasteiger partial charge in [0.15, 0.2) is 0 Å². The third-order valence-corrected chi connectivity index (χ3v) is 4.43. The molecule has 0 spiro atoms. The van der Waals surface area contributed by atoms with Gasteiger partial charge in [-0.2, -0.15) is 4.98 Å². The predicted octanol–water partition coefficient (Wildman–Crippen LogP) is 3.61. The van der Waals surface area contributed by atoms with Gasteiger partial charge in [0.05, 0.1) is 0 Å². The number of halogens is 1. The fourth-order valence-corrected chi connectivity index (χ4v) is 2.96.